The van der Waals surface area contributed by atoms with E-state index in [1.54, 1.807) is 12.1 Å². The third kappa shape index (κ3) is 4.11. The van der Waals surface area contributed by atoms with Crippen LogP contribution in [-0.4, -0.2) is 66.1 Å². The number of ether oxygens (including phenoxy) is 1. The van der Waals surface area contributed by atoms with Gasteiger partial charge in [0.2, 0.25) is 10.0 Å². The Morgan fingerprint density at radius 3 is 2.48 bits per heavy atom. The molecule has 0 unspecified atom stereocenters. The number of hydrogen-bond acceptors (Lipinski definition) is 6. The normalized spacial score (nSPS) is 21.4. The van der Waals surface area contributed by atoms with Crippen LogP contribution in [0, 0.1) is 0 Å². The summed E-state index contributed by atoms with van der Waals surface area (Å²) in [6.07, 6.45) is 0.627. The second-order valence-corrected chi connectivity index (χ2v) is 10.0. The highest BCUT2D eigenvalue weighted by molar-refractivity contribution is 8.00. The molecule has 0 saturated carbocycles. The van der Waals surface area contributed by atoms with Crippen LogP contribution in [0.25, 0.3) is 0 Å². The topological polar surface area (TPSA) is 87.2 Å². The van der Waals surface area contributed by atoms with Gasteiger partial charge in [0.15, 0.2) is 0 Å². The van der Waals surface area contributed by atoms with Crippen molar-refractivity contribution in [3.8, 4) is 5.75 Å². The first-order valence-electron chi connectivity index (χ1n) is 7.87. The van der Waals surface area contributed by atoms with Crippen LogP contribution in [0.3, 0.4) is 0 Å². The predicted molar refractivity (Wildman–Crippen MR) is 96.4 cm³/mol. The van der Waals surface area contributed by atoms with Crippen LogP contribution in [0.2, 0.25) is 0 Å². The van der Waals surface area contributed by atoms with E-state index in [4.69, 9.17) is 4.74 Å². The molecule has 0 spiro atoms. The number of carbonyl (C=O) groups is 1. The summed E-state index contributed by atoms with van der Waals surface area (Å²) in [6, 6.07) is 5.06. The van der Waals surface area contributed by atoms with E-state index in [9.17, 15) is 18.4 Å². The molecule has 1 saturated heterocycles. The van der Waals surface area contributed by atoms with E-state index in [1.807, 2.05) is 13.8 Å². The lowest BCUT2D eigenvalue weighted by Gasteiger charge is -2.38. The van der Waals surface area contributed by atoms with E-state index in [0.717, 1.165) is 5.75 Å². The first-order valence-corrected chi connectivity index (χ1v) is 10.3. The van der Waals surface area contributed by atoms with Gasteiger partial charge in [0, 0.05) is 18.3 Å². The molecule has 25 heavy (non-hydrogen) atoms. The standard InChI is InChI=1S/C16H24N2O5S2/c1-16(2)14(15(19)17(3)20)18(10-5-11-24-16)25(21,22)13-8-6-12(23-4)7-9-13/h6-9,14,20H,5,10-11H2,1-4H3/t14-/m0/s1. The Morgan fingerprint density at radius 1 is 1.36 bits per heavy atom. The molecule has 1 aromatic rings. The zero-order valence-electron chi connectivity index (χ0n) is 14.8. The Hall–Kier alpha value is -1.29. The summed E-state index contributed by atoms with van der Waals surface area (Å²) in [7, 11) is -1.19. The smallest absolute Gasteiger partial charge is 0.265 e. The summed E-state index contributed by atoms with van der Waals surface area (Å²) in [5, 5.41) is 10.1. The maximum absolute atomic E-state index is 13.2. The fourth-order valence-electron chi connectivity index (χ4n) is 2.85. The van der Waals surface area contributed by atoms with Crippen LogP contribution in [-0.2, 0) is 14.8 Å². The first kappa shape index (κ1) is 20.0. The number of hydrogen-bond donors (Lipinski definition) is 1. The molecule has 1 aliphatic rings. The molecule has 9 heteroatoms. The van der Waals surface area contributed by atoms with Crippen molar-refractivity contribution in [3.63, 3.8) is 0 Å². The lowest BCUT2D eigenvalue weighted by Crippen LogP contribution is -2.57. The quantitative estimate of drug-likeness (QED) is 0.625. The van der Waals surface area contributed by atoms with Crippen LogP contribution in [0.5, 0.6) is 5.75 Å². The second-order valence-electron chi connectivity index (χ2n) is 6.36. The molecule has 1 N–H and O–H groups in total. The molecule has 1 heterocycles. The van der Waals surface area contributed by atoms with Gasteiger partial charge in [-0.15, -0.1) is 0 Å². The minimum atomic E-state index is -3.90. The van der Waals surface area contributed by atoms with Crippen LogP contribution in [0.1, 0.15) is 20.3 Å². The minimum absolute atomic E-state index is 0.0920. The number of rotatable bonds is 4. The lowest BCUT2D eigenvalue weighted by molar-refractivity contribution is -0.164. The van der Waals surface area contributed by atoms with E-state index >= 15 is 0 Å². The Morgan fingerprint density at radius 2 is 1.96 bits per heavy atom. The van der Waals surface area contributed by atoms with Crippen LogP contribution in [0.15, 0.2) is 29.2 Å². The van der Waals surface area contributed by atoms with Gasteiger partial charge in [-0.3, -0.25) is 10.0 Å². The third-order valence-electron chi connectivity index (χ3n) is 4.16. The van der Waals surface area contributed by atoms with Crippen molar-refractivity contribution in [1.29, 1.82) is 0 Å². The number of methoxy groups -OCH3 is 1. The molecule has 2 rings (SSSR count). The summed E-state index contributed by atoms with van der Waals surface area (Å²) in [5.41, 5.74) is 0. The van der Waals surface area contributed by atoms with Crippen molar-refractivity contribution < 1.29 is 23.2 Å². The first-order chi connectivity index (χ1) is 11.6. The highest BCUT2D eigenvalue weighted by Gasteiger charge is 2.47. The van der Waals surface area contributed by atoms with E-state index in [0.29, 0.717) is 17.2 Å². The zero-order valence-corrected chi connectivity index (χ0v) is 16.4. The van der Waals surface area contributed by atoms with Gasteiger partial charge in [0.05, 0.1) is 12.0 Å². The maximum Gasteiger partial charge on any atom is 0.265 e. The molecule has 0 aromatic heterocycles. The zero-order chi connectivity index (χ0) is 18.8. The van der Waals surface area contributed by atoms with Crippen molar-refractivity contribution in [2.24, 2.45) is 0 Å². The number of nitrogens with zero attached hydrogens (tertiary/aromatic N) is 2. The second kappa shape index (κ2) is 7.53. The number of likely N-dealkylation sites (N-methyl/N-ethyl adjacent to an activating group) is 1. The van der Waals surface area contributed by atoms with Gasteiger partial charge in [0.25, 0.3) is 5.91 Å². The van der Waals surface area contributed by atoms with Crippen LogP contribution < -0.4 is 4.74 Å². The molecule has 1 atom stereocenters. The monoisotopic (exact) mass is 388 g/mol. The van der Waals surface area contributed by atoms with E-state index in [2.05, 4.69) is 0 Å². The fourth-order valence-corrected chi connectivity index (χ4v) is 5.85. The molecular weight excluding hydrogens is 364 g/mol. The van der Waals surface area contributed by atoms with Crippen molar-refractivity contribution in [1.82, 2.24) is 9.37 Å². The minimum Gasteiger partial charge on any atom is -0.497 e. The summed E-state index contributed by atoms with van der Waals surface area (Å²) < 4.78 is 32.0. The average Bonchev–Trinajstić information content (AvgIpc) is 2.72. The molecule has 0 bridgehead atoms. The van der Waals surface area contributed by atoms with Crippen molar-refractivity contribution in [3.05, 3.63) is 24.3 Å². The van der Waals surface area contributed by atoms with Crippen LogP contribution in [0.4, 0.5) is 0 Å². The number of benzene rings is 1. The van der Waals surface area contributed by atoms with Gasteiger partial charge >= 0.3 is 0 Å². The van der Waals surface area contributed by atoms with Crippen molar-refractivity contribution in [2.75, 3.05) is 26.5 Å². The molecule has 140 valence electrons. The Kier molecular flexibility index (Phi) is 6.03. The molecule has 7 nitrogen and oxygen atoms in total. The predicted octanol–water partition coefficient (Wildman–Crippen LogP) is 1.82. The highest BCUT2D eigenvalue weighted by Crippen LogP contribution is 2.38. The average molecular weight is 389 g/mol. The van der Waals surface area contributed by atoms with E-state index < -0.39 is 26.7 Å². The highest BCUT2D eigenvalue weighted by atomic mass is 32.2. The molecule has 0 aliphatic carbocycles. The number of thioether (sulfide) groups is 1. The number of sulfonamides is 1. The maximum atomic E-state index is 13.2. The lowest BCUT2D eigenvalue weighted by atomic mass is 10.0. The third-order valence-corrected chi connectivity index (χ3v) is 7.50. The number of amides is 1. The summed E-state index contributed by atoms with van der Waals surface area (Å²) >= 11 is 1.53. The van der Waals surface area contributed by atoms with Gasteiger partial charge in [-0.2, -0.15) is 16.1 Å². The van der Waals surface area contributed by atoms with Gasteiger partial charge in [-0.1, -0.05) is 0 Å². The van der Waals surface area contributed by atoms with E-state index in [1.165, 1.54) is 42.4 Å². The fraction of sp³-hybridized carbons (Fsp3) is 0.562. The van der Waals surface area contributed by atoms with Gasteiger partial charge in [0.1, 0.15) is 11.8 Å². The van der Waals surface area contributed by atoms with E-state index in [-0.39, 0.29) is 11.4 Å². The van der Waals surface area contributed by atoms with Crippen molar-refractivity contribution >= 4 is 27.7 Å². The number of hydroxylamine groups is 2. The largest absolute Gasteiger partial charge is 0.497 e. The van der Waals surface area contributed by atoms with Crippen LogP contribution >= 0.6 is 11.8 Å². The van der Waals surface area contributed by atoms with Gasteiger partial charge < -0.3 is 4.74 Å². The Labute approximate surface area is 153 Å². The molecule has 1 aliphatic heterocycles. The Balaban J connectivity index is 2.51. The number of carbonyl (C=O) groups excluding carboxylic acids is 1. The van der Waals surface area contributed by atoms with Crippen molar-refractivity contribution in [2.45, 2.75) is 36.0 Å². The molecule has 0 radical (unpaired) electrons. The SMILES string of the molecule is COc1ccc(S(=O)(=O)N2CCCSC(C)(C)[C@@H]2C(=O)N(C)O)cc1. The molecule has 1 amide bonds. The van der Waals surface area contributed by atoms with Gasteiger partial charge in [-0.25, -0.2) is 13.5 Å². The molecule has 1 fully saturated rings. The Bertz CT molecular complexity index is 717. The summed E-state index contributed by atoms with van der Waals surface area (Å²) in [6.45, 7) is 3.87. The summed E-state index contributed by atoms with van der Waals surface area (Å²) in [4.78, 5) is 12.7. The summed E-state index contributed by atoms with van der Waals surface area (Å²) in [5.74, 6) is 0.644. The van der Waals surface area contributed by atoms with Gasteiger partial charge in [-0.05, 0) is 50.3 Å². The molecular formula is C16H24N2O5S2. The molecule has 1 aromatic carbocycles.